The highest BCUT2D eigenvalue weighted by Crippen LogP contribution is 2.02. The fourth-order valence-electron chi connectivity index (χ4n) is 1.20. The monoisotopic (exact) mass is 242 g/mol. The highest BCUT2D eigenvalue weighted by molar-refractivity contribution is 7.80. The number of hydrogen-bond acceptors (Lipinski definition) is 4. The van der Waals surface area contributed by atoms with E-state index in [0.717, 1.165) is 5.01 Å². The highest BCUT2D eigenvalue weighted by atomic mass is 32.1. The summed E-state index contributed by atoms with van der Waals surface area (Å²) in [6.07, 6.45) is 1.34. The van der Waals surface area contributed by atoms with E-state index in [-0.39, 0.29) is 11.5 Å². The molecule has 2 N–H and O–H groups in total. The molecule has 0 unspecified atom stereocenters. The second-order valence-electron chi connectivity index (χ2n) is 2.87. The molecule has 1 aromatic heterocycles. The van der Waals surface area contributed by atoms with Crippen LogP contribution in [0.15, 0.2) is 12.3 Å². The summed E-state index contributed by atoms with van der Waals surface area (Å²) in [6.45, 7) is 0. The van der Waals surface area contributed by atoms with Crippen molar-refractivity contribution >= 4 is 41.4 Å². The Bertz CT molecular complexity index is 483. The van der Waals surface area contributed by atoms with Gasteiger partial charge in [-0.05, 0) is 18.3 Å². The van der Waals surface area contributed by atoms with Crippen molar-refractivity contribution in [3.63, 3.8) is 0 Å². The average Bonchev–Trinajstić information content (AvgIpc) is 2.49. The Morgan fingerprint density at radius 3 is 2.60 bits per heavy atom. The molecule has 1 aliphatic rings. The van der Waals surface area contributed by atoms with E-state index in [1.54, 1.807) is 12.3 Å². The number of thiocarbonyl (C=S) groups is 1. The highest BCUT2D eigenvalue weighted by Gasteiger charge is 2.29. The van der Waals surface area contributed by atoms with E-state index in [4.69, 9.17) is 24.4 Å². The third kappa shape index (κ3) is 1.81. The zero-order valence-corrected chi connectivity index (χ0v) is 9.02. The second kappa shape index (κ2) is 3.55. The molecule has 78 valence electrons. The molecule has 8 heteroatoms. The number of hydrogen-bond donors (Lipinski definition) is 2. The first kappa shape index (κ1) is 9.99. The summed E-state index contributed by atoms with van der Waals surface area (Å²) < 4.78 is 0.475. The van der Waals surface area contributed by atoms with Gasteiger partial charge in [0.05, 0.1) is 0 Å². The minimum absolute atomic E-state index is 0.0399. The topological polar surface area (TPSA) is 70.1 Å². The van der Waals surface area contributed by atoms with Crippen LogP contribution in [0.4, 0.5) is 0 Å². The smallest absolute Gasteiger partial charge is 0.258 e. The molecule has 6 nitrogen and oxygen atoms in total. The summed E-state index contributed by atoms with van der Waals surface area (Å²) >= 11 is 9.73. The van der Waals surface area contributed by atoms with Crippen molar-refractivity contribution in [3.05, 3.63) is 16.9 Å². The molecule has 0 aliphatic carbocycles. The van der Waals surface area contributed by atoms with Gasteiger partial charge < -0.3 is 5.32 Å². The van der Waals surface area contributed by atoms with Gasteiger partial charge in [-0.2, -0.15) is 9.80 Å². The van der Waals surface area contributed by atoms with Crippen molar-refractivity contribution in [2.24, 2.45) is 0 Å². The Kier molecular flexibility index (Phi) is 2.37. The van der Waals surface area contributed by atoms with E-state index >= 15 is 0 Å². The van der Waals surface area contributed by atoms with Gasteiger partial charge in [-0.1, -0.05) is 12.2 Å². The number of H-pyrrole nitrogens is 1. The van der Waals surface area contributed by atoms with Gasteiger partial charge in [-0.15, -0.1) is 0 Å². The number of nitrogens with one attached hydrogen (secondary N) is 2. The predicted octanol–water partition coefficient (Wildman–Crippen LogP) is -0.185. The summed E-state index contributed by atoms with van der Waals surface area (Å²) in [5.74, 6) is -0.794. The van der Waals surface area contributed by atoms with E-state index in [1.807, 2.05) is 0 Å². The molecule has 0 bridgehead atoms. The van der Waals surface area contributed by atoms with Crippen molar-refractivity contribution in [2.45, 2.75) is 6.42 Å². The van der Waals surface area contributed by atoms with Crippen LogP contribution in [0.5, 0.6) is 0 Å². The largest absolute Gasteiger partial charge is 0.301 e. The van der Waals surface area contributed by atoms with Gasteiger partial charge in [0.1, 0.15) is 11.1 Å². The fraction of sp³-hybridized carbons (Fsp3) is 0.143. The van der Waals surface area contributed by atoms with Crippen LogP contribution in [0.25, 0.3) is 0 Å². The van der Waals surface area contributed by atoms with Crippen LogP contribution >= 0.6 is 24.4 Å². The molecular formula is C7H6N4O2S2. The summed E-state index contributed by atoms with van der Waals surface area (Å²) in [7, 11) is 0. The molecule has 0 spiro atoms. The Balaban J connectivity index is 2.36. The van der Waals surface area contributed by atoms with E-state index in [1.165, 1.54) is 4.79 Å². The molecule has 2 amide bonds. The Hall–Kier alpha value is -1.54. The first-order chi connectivity index (χ1) is 7.08. The number of amides is 2. The van der Waals surface area contributed by atoms with Crippen LogP contribution in [0, 0.1) is 4.64 Å². The van der Waals surface area contributed by atoms with Gasteiger partial charge in [-0.3, -0.25) is 14.7 Å². The molecule has 1 aliphatic heterocycles. The minimum Gasteiger partial charge on any atom is -0.301 e. The summed E-state index contributed by atoms with van der Waals surface area (Å²) in [5, 5.41) is 6.29. The lowest BCUT2D eigenvalue weighted by atomic mass is 10.3. The Morgan fingerprint density at radius 1 is 1.33 bits per heavy atom. The summed E-state index contributed by atoms with van der Waals surface area (Å²) in [5.41, 5.74) is 0. The van der Waals surface area contributed by atoms with E-state index < -0.39 is 11.8 Å². The lowest BCUT2D eigenvalue weighted by molar-refractivity contribution is -0.128. The lowest BCUT2D eigenvalue weighted by Crippen LogP contribution is -2.57. The normalized spacial score (nSPS) is 16.8. The van der Waals surface area contributed by atoms with Gasteiger partial charge in [0.2, 0.25) is 11.0 Å². The fourth-order valence-corrected chi connectivity index (χ4v) is 1.66. The maximum Gasteiger partial charge on any atom is 0.258 e. The number of nitrogens with zero attached hydrogens (tertiary/aromatic N) is 2. The van der Waals surface area contributed by atoms with Crippen LogP contribution in [0.1, 0.15) is 6.42 Å². The van der Waals surface area contributed by atoms with E-state index in [2.05, 4.69) is 10.4 Å². The van der Waals surface area contributed by atoms with Crippen LogP contribution < -0.4 is 10.3 Å². The quantitative estimate of drug-likeness (QED) is 0.529. The SMILES string of the molecule is O=C1CC(=O)N(n2ccc(=S)[nH]2)C(=S)N1. The van der Waals surface area contributed by atoms with Crippen LogP contribution in [0.3, 0.4) is 0 Å². The first-order valence-corrected chi connectivity index (χ1v) is 4.84. The van der Waals surface area contributed by atoms with Crippen molar-refractivity contribution in [1.29, 1.82) is 0 Å². The molecular weight excluding hydrogens is 236 g/mol. The Labute approximate surface area is 94.8 Å². The third-order valence-electron chi connectivity index (χ3n) is 1.79. The molecule has 1 aromatic rings. The molecule has 2 rings (SSSR count). The van der Waals surface area contributed by atoms with Crippen LogP contribution in [-0.4, -0.2) is 26.8 Å². The van der Waals surface area contributed by atoms with Gasteiger partial charge in [0, 0.05) is 6.20 Å². The standard InChI is InChI=1S/C7H6N4O2S2/c12-4-3-6(13)11(7(15)8-4)10-2-1-5(14)9-10/h1-2H,3H2,(H,9,14)(H,8,12,15). The van der Waals surface area contributed by atoms with Crippen molar-refractivity contribution in [2.75, 3.05) is 5.01 Å². The zero-order chi connectivity index (χ0) is 11.0. The van der Waals surface area contributed by atoms with Crippen molar-refractivity contribution in [1.82, 2.24) is 15.2 Å². The molecule has 2 heterocycles. The van der Waals surface area contributed by atoms with Crippen molar-refractivity contribution < 1.29 is 9.59 Å². The summed E-state index contributed by atoms with van der Waals surface area (Å²) in [4.78, 5) is 23.8. The third-order valence-corrected chi connectivity index (χ3v) is 2.30. The van der Waals surface area contributed by atoms with Crippen LogP contribution in [0.2, 0.25) is 0 Å². The molecule has 1 fully saturated rings. The summed E-state index contributed by atoms with van der Waals surface area (Å²) in [6, 6.07) is 1.61. The molecule has 0 atom stereocenters. The van der Waals surface area contributed by atoms with Gasteiger partial charge in [0.15, 0.2) is 0 Å². The van der Waals surface area contributed by atoms with E-state index in [9.17, 15) is 9.59 Å². The zero-order valence-electron chi connectivity index (χ0n) is 7.39. The first-order valence-electron chi connectivity index (χ1n) is 4.02. The molecule has 0 radical (unpaired) electrons. The number of carbonyl (C=O) groups is 2. The predicted molar refractivity (Wildman–Crippen MR) is 58.2 cm³/mol. The maximum atomic E-state index is 11.5. The molecule has 15 heavy (non-hydrogen) atoms. The second-order valence-corrected chi connectivity index (χ2v) is 3.70. The van der Waals surface area contributed by atoms with Gasteiger partial charge in [-0.25, -0.2) is 0 Å². The molecule has 0 aromatic carbocycles. The number of aromatic nitrogens is 2. The average molecular weight is 242 g/mol. The van der Waals surface area contributed by atoms with Gasteiger partial charge in [0.25, 0.3) is 5.91 Å². The van der Waals surface area contributed by atoms with Gasteiger partial charge >= 0.3 is 0 Å². The molecule has 0 saturated carbocycles. The minimum atomic E-state index is -0.398. The van der Waals surface area contributed by atoms with E-state index in [0.29, 0.717) is 4.64 Å². The Morgan fingerprint density at radius 2 is 2.07 bits per heavy atom. The number of rotatable bonds is 1. The van der Waals surface area contributed by atoms with Crippen molar-refractivity contribution in [3.8, 4) is 0 Å². The number of carbonyl (C=O) groups excluding carboxylic acids is 2. The molecule has 1 saturated heterocycles. The van der Waals surface area contributed by atoms with Crippen LogP contribution in [-0.2, 0) is 9.59 Å². The lowest BCUT2D eigenvalue weighted by Gasteiger charge is -2.26. The maximum absolute atomic E-state index is 11.5. The number of aromatic amines is 1.